The Labute approximate surface area is 283 Å². The molecular weight excluding hydrogens is 664 g/mol. The second kappa shape index (κ2) is 16.6. The van der Waals surface area contributed by atoms with Crippen molar-refractivity contribution in [2.24, 2.45) is 0 Å². The van der Waals surface area contributed by atoms with Crippen LogP contribution in [-0.4, -0.2) is 102 Å². The molecule has 0 aliphatic rings. The fourth-order valence-electron chi connectivity index (χ4n) is 4.72. The van der Waals surface area contributed by atoms with E-state index in [4.69, 9.17) is 18.9 Å². The molecule has 0 aliphatic carbocycles. The first-order valence-corrected chi connectivity index (χ1v) is 16.8. The highest BCUT2D eigenvalue weighted by Crippen LogP contribution is 2.31. The molecule has 0 spiro atoms. The minimum absolute atomic E-state index is 0.0407. The summed E-state index contributed by atoms with van der Waals surface area (Å²) in [5, 5.41) is 10.2. The second-order valence-electron chi connectivity index (χ2n) is 11.2. The average Bonchev–Trinajstić information content (AvgIpc) is 3.40. The highest BCUT2D eigenvalue weighted by atomic mass is 32.2. The first kappa shape index (κ1) is 37.2. The molecule has 264 valence electrons. The molecule has 0 bridgehead atoms. The lowest BCUT2D eigenvalue weighted by Gasteiger charge is -2.19. The van der Waals surface area contributed by atoms with Gasteiger partial charge in [-0.25, -0.2) is 22.0 Å². The van der Waals surface area contributed by atoms with E-state index in [9.17, 15) is 26.8 Å². The molecule has 13 nitrogen and oxygen atoms in total. The van der Waals surface area contributed by atoms with Gasteiger partial charge < -0.3 is 34.5 Å². The normalized spacial score (nSPS) is 12.2. The molecule has 0 radical (unpaired) electrons. The van der Waals surface area contributed by atoms with Crippen LogP contribution in [0.4, 0.5) is 25.1 Å². The fraction of sp³-hybridized carbons (Fsp3) is 0.364. The van der Waals surface area contributed by atoms with Crippen molar-refractivity contribution < 1.29 is 45.7 Å². The molecule has 0 saturated carbocycles. The molecule has 4 rings (SSSR count). The Hall–Kier alpha value is -4.64. The van der Waals surface area contributed by atoms with Crippen molar-refractivity contribution in [3.05, 3.63) is 71.8 Å². The number of fused-ring (bicyclic) bond motifs is 1. The van der Waals surface area contributed by atoms with Crippen molar-refractivity contribution >= 4 is 44.2 Å². The van der Waals surface area contributed by atoms with E-state index in [1.807, 2.05) is 25.9 Å². The zero-order valence-electron chi connectivity index (χ0n) is 27.8. The van der Waals surface area contributed by atoms with E-state index < -0.39 is 38.4 Å². The van der Waals surface area contributed by atoms with Gasteiger partial charge >= 0.3 is 6.09 Å². The summed E-state index contributed by atoms with van der Waals surface area (Å²) >= 11 is 0. The van der Waals surface area contributed by atoms with E-state index in [2.05, 4.69) is 15.7 Å². The van der Waals surface area contributed by atoms with Crippen molar-refractivity contribution in [3.63, 3.8) is 0 Å². The van der Waals surface area contributed by atoms with Gasteiger partial charge in [0.1, 0.15) is 30.6 Å². The van der Waals surface area contributed by atoms with Crippen LogP contribution < -0.4 is 15.4 Å². The minimum atomic E-state index is -4.45. The van der Waals surface area contributed by atoms with Gasteiger partial charge in [0.2, 0.25) is 9.84 Å². The lowest BCUT2D eigenvalue weighted by Crippen LogP contribution is -2.24. The number of hydrogen-bond donors (Lipinski definition) is 2. The van der Waals surface area contributed by atoms with E-state index >= 15 is 0 Å². The zero-order chi connectivity index (χ0) is 35.7. The van der Waals surface area contributed by atoms with E-state index in [0.29, 0.717) is 56.0 Å². The Balaban J connectivity index is 1.76. The summed E-state index contributed by atoms with van der Waals surface area (Å²) in [4.78, 5) is 27.8. The number of hydrogen-bond acceptors (Lipinski definition) is 11. The number of amides is 1. The van der Waals surface area contributed by atoms with Crippen LogP contribution in [0.25, 0.3) is 10.9 Å². The van der Waals surface area contributed by atoms with Gasteiger partial charge in [-0.2, -0.15) is 4.68 Å². The van der Waals surface area contributed by atoms with E-state index in [-0.39, 0.29) is 46.4 Å². The zero-order valence-corrected chi connectivity index (χ0v) is 28.6. The third kappa shape index (κ3) is 9.50. The highest BCUT2D eigenvalue weighted by Gasteiger charge is 2.25. The molecule has 1 aromatic heterocycles. The number of sulfone groups is 1. The molecule has 0 saturated heterocycles. The first-order chi connectivity index (χ1) is 23.3. The monoisotopic (exact) mass is 703 g/mol. The first-order valence-electron chi connectivity index (χ1n) is 15.3. The second-order valence-corrected chi connectivity index (χ2v) is 13.1. The summed E-state index contributed by atoms with van der Waals surface area (Å²) in [5.41, 5.74) is 0.696. The predicted octanol–water partition coefficient (Wildman–Crippen LogP) is 4.81. The number of benzene rings is 3. The van der Waals surface area contributed by atoms with Crippen LogP contribution >= 0.6 is 0 Å². The highest BCUT2D eigenvalue weighted by molar-refractivity contribution is 7.91. The average molecular weight is 704 g/mol. The number of methoxy groups -OCH3 is 1. The van der Waals surface area contributed by atoms with Gasteiger partial charge in [0.05, 0.1) is 39.8 Å². The van der Waals surface area contributed by atoms with Gasteiger partial charge in [0.25, 0.3) is 5.91 Å². The number of aromatic nitrogens is 2. The molecule has 0 fully saturated rings. The Morgan fingerprint density at radius 3 is 2.39 bits per heavy atom. The van der Waals surface area contributed by atoms with Gasteiger partial charge in [-0.15, -0.1) is 5.10 Å². The number of halogens is 2. The summed E-state index contributed by atoms with van der Waals surface area (Å²) in [6, 6.07) is 10.2. The molecule has 3 aromatic carbocycles. The maximum atomic E-state index is 14.0. The molecule has 0 aliphatic heterocycles. The predicted molar refractivity (Wildman–Crippen MR) is 178 cm³/mol. The fourth-order valence-corrected chi connectivity index (χ4v) is 6.05. The maximum absolute atomic E-state index is 14.0. The van der Waals surface area contributed by atoms with Crippen molar-refractivity contribution in [3.8, 4) is 5.75 Å². The van der Waals surface area contributed by atoms with Gasteiger partial charge in [-0.3, -0.25) is 4.79 Å². The standard InChI is InChI=1S/C33H39F2N5O8S/c1-6-46-13-14-48-33(42)40-30-10-8-25(49(43,44)26-16-22(34)15-23(35)17-26)19-28(30)31(38-40)37-32(41)27-9-7-24(47-12-11-39(3)4)18-29(27)36-21(2)20-45-5/h7-10,15-19,21,36H,6,11-14,20H2,1-5H3,(H,37,38,41)/t21-/m1/s1. The maximum Gasteiger partial charge on any atom is 0.435 e. The molecule has 1 atom stereocenters. The van der Waals surface area contributed by atoms with Crippen LogP contribution in [0, 0.1) is 11.6 Å². The number of ether oxygens (including phenoxy) is 4. The Kier molecular flexibility index (Phi) is 12.6. The van der Waals surface area contributed by atoms with Gasteiger partial charge in [-0.05, 0) is 70.4 Å². The largest absolute Gasteiger partial charge is 0.492 e. The van der Waals surface area contributed by atoms with E-state index in [1.165, 1.54) is 6.07 Å². The Morgan fingerprint density at radius 2 is 1.71 bits per heavy atom. The Morgan fingerprint density at radius 1 is 0.980 bits per heavy atom. The number of nitrogens with one attached hydrogen (secondary N) is 2. The van der Waals surface area contributed by atoms with Crippen LogP contribution in [0.5, 0.6) is 5.75 Å². The molecule has 16 heteroatoms. The molecule has 1 heterocycles. The van der Waals surface area contributed by atoms with Crippen LogP contribution in [0.15, 0.2) is 64.4 Å². The third-order valence-electron chi connectivity index (χ3n) is 7.03. The van der Waals surface area contributed by atoms with Crippen molar-refractivity contribution in [1.29, 1.82) is 0 Å². The molecule has 0 unspecified atom stereocenters. The van der Waals surface area contributed by atoms with Crippen LogP contribution in [0.2, 0.25) is 0 Å². The molecule has 1 amide bonds. The van der Waals surface area contributed by atoms with Crippen LogP contribution in [0.1, 0.15) is 24.2 Å². The number of rotatable bonds is 16. The number of anilines is 2. The lowest BCUT2D eigenvalue weighted by molar-refractivity contribution is 0.0786. The SMILES string of the molecule is CCOCCOC(=O)n1nc(NC(=O)c2ccc(OCCN(C)C)cc2N[C@H](C)COC)c2cc(S(=O)(=O)c3cc(F)cc(F)c3)ccc21. The van der Waals surface area contributed by atoms with Gasteiger partial charge in [0, 0.05) is 43.8 Å². The lowest BCUT2D eigenvalue weighted by atomic mass is 10.1. The molecule has 4 aromatic rings. The van der Waals surface area contributed by atoms with E-state index in [0.717, 1.165) is 16.8 Å². The number of nitrogens with zero attached hydrogens (tertiary/aromatic N) is 3. The van der Waals surface area contributed by atoms with Crippen LogP contribution in [0.3, 0.4) is 0 Å². The van der Waals surface area contributed by atoms with Crippen molar-refractivity contribution in [2.45, 2.75) is 29.7 Å². The summed E-state index contributed by atoms with van der Waals surface area (Å²) in [6.45, 7) is 5.50. The van der Waals surface area contributed by atoms with Gasteiger partial charge in [-0.1, -0.05) is 0 Å². The third-order valence-corrected chi connectivity index (χ3v) is 8.76. The number of carbonyl (C=O) groups is 2. The summed E-state index contributed by atoms with van der Waals surface area (Å²) in [7, 11) is 0.938. The molecule has 2 N–H and O–H groups in total. The summed E-state index contributed by atoms with van der Waals surface area (Å²) in [6.07, 6.45) is -0.914. The molecular formula is C33H39F2N5O8S. The minimum Gasteiger partial charge on any atom is -0.492 e. The van der Waals surface area contributed by atoms with Crippen molar-refractivity contribution in [1.82, 2.24) is 14.7 Å². The Bertz CT molecular complexity index is 1880. The van der Waals surface area contributed by atoms with Crippen LogP contribution in [-0.2, 0) is 24.0 Å². The number of likely N-dealkylation sites (N-methyl/N-ethyl adjacent to an activating group) is 1. The number of carbonyl (C=O) groups excluding carboxylic acids is 2. The topological polar surface area (TPSA) is 150 Å². The summed E-state index contributed by atoms with van der Waals surface area (Å²) < 4.78 is 77.2. The molecule has 49 heavy (non-hydrogen) atoms. The van der Waals surface area contributed by atoms with Gasteiger partial charge in [0.15, 0.2) is 5.82 Å². The van der Waals surface area contributed by atoms with Crippen molar-refractivity contribution in [2.75, 3.05) is 71.4 Å². The summed E-state index contributed by atoms with van der Waals surface area (Å²) in [5.74, 6) is -2.46. The van der Waals surface area contributed by atoms with E-state index in [1.54, 1.807) is 32.2 Å². The quantitative estimate of drug-likeness (QED) is 0.155. The smallest absolute Gasteiger partial charge is 0.435 e.